The number of rotatable bonds is 6. The number of nitrogens with one attached hydrogen (secondary N) is 1. The number of sulfonamides is 1. The first-order valence-electron chi connectivity index (χ1n) is 11.5. The molecule has 2 heterocycles. The third-order valence-corrected chi connectivity index (χ3v) is 8.61. The van der Waals surface area contributed by atoms with Gasteiger partial charge in [0.05, 0.1) is 23.1 Å². The number of hydrogen-bond acceptors (Lipinski definition) is 5. The standard InChI is InChI=1S/C23H25F5N4O3S/c24-16-5-7-19(8-6-16)36(34,35)32-12-17(25)9-21(32)22(33)29-11-18-10-20(31-13-30-18)14-1-3-15(4-2-14)23(26,27)28/h5-8,10,13-15,17,21H,1-4,9,11-12H2,(H,29,33)/t14-,15+,17-,21+/m1/s1. The summed E-state index contributed by atoms with van der Waals surface area (Å²) in [4.78, 5) is 20.8. The summed E-state index contributed by atoms with van der Waals surface area (Å²) in [5, 5.41) is 2.57. The lowest BCUT2D eigenvalue weighted by Gasteiger charge is -2.29. The molecule has 1 saturated heterocycles. The smallest absolute Gasteiger partial charge is 0.349 e. The van der Waals surface area contributed by atoms with E-state index in [0.29, 0.717) is 24.2 Å². The van der Waals surface area contributed by atoms with Gasteiger partial charge in [0.2, 0.25) is 15.9 Å². The van der Waals surface area contributed by atoms with E-state index >= 15 is 0 Å². The lowest BCUT2D eigenvalue weighted by Crippen LogP contribution is -2.45. The molecule has 1 amide bonds. The van der Waals surface area contributed by atoms with Crippen molar-refractivity contribution in [2.24, 2.45) is 5.92 Å². The Hall–Kier alpha value is -2.67. The number of hydrogen-bond donors (Lipinski definition) is 1. The van der Waals surface area contributed by atoms with Crippen LogP contribution in [0.15, 0.2) is 41.6 Å². The minimum absolute atomic E-state index is 0.0225. The normalized spacial score (nSPS) is 25.6. The van der Waals surface area contributed by atoms with Crippen LogP contribution in [0.1, 0.15) is 49.4 Å². The molecule has 4 rings (SSSR count). The zero-order valence-electron chi connectivity index (χ0n) is 19.1. The molecule has 1 aliphatic carbocycles. The monoisotopic (exact) mass is 532 g/mol. The van der Waals surface area contributed by atoms with Crippen molar-refractivity contribution in [3.8, 4) is 0 Å². The van der Waals surface area contributed by atoms with Gasteiger partial charge < -0.3 is 5.32 Å². The number of amides is 1. The van der Waals surface area contributed by atoms with Gasteiger partial charge in [-0.15, -0.1) is 0 Å². The predicted molar refractivity (Wildman–Crippen MR) is 118 cm³/mol. The Morgan fingerprint density at radius 3 is 2.39 bits per heavy atom. The van der Waals surface area contributed by atoms with Crippen LogP contribution < -0.4 is 5.32 Å². The first-order chi connectivity index (χ1) is 16.9. The summed E-state index contributed by atoms with van der Waals surface area (Å²) >= 11 is 0. The third kappa shape index (κ3) is 5.83. The fourth-order valence-corrected chi connectivity index (χ4v) is 6.37. The van der Waals surface area contributed by atoms with Crippen LogP contribution in [0.2, 0.25) is 0 Å². The predicted octanol–water partition coefficient (Wildman–Crippen LogP) is 3.87. The van der Waals surface area contributed by atoms with E-state index in [9.17, 15) is 35.2 Å². The lowest BCUT2D eigenvalue weighted by atomic mass is 9.80. The second-order valence-electron chi connectivity index (χ2n) is 9.12. The summed E-state index contributed by atoms with van der Waals surface area (Å²) in [6.07, 6.45) is -4.10. The third-order valence-electron chi connectivity index (χ3n) is 6.72. The Morgan fingerprint density at radius 2 is 1.75 bits per heavy atom. The van der Waals surface area contributed by atoms with Crippen LogP contribution in [0.5, 0.6) is 0 Å². The van der Waals surface area contributed by atoms with Gasteiger partial charge >= 0.3 is 6.18 Å². The minimum Gasteiger partial charge on any atom is -0.349 e. The van der Waals surface area contributed by atoms with Crippen LogP contribution >= 0.6 is 0 Å². The van der Waals surface area contributed by atoms with Gasteiger partial charge in [-0.05, 0) is 56.0 Å². The lowest BCUT2D eigenvalue weighted by molar-refractivity contribution is -0.182. The van der Waals surface area contributed by atoms with Gasteiger partial charge in [0, 0.05) is 24.6 Å². The molecule has 0 unspecified atom stereocenters. The molecule has 2 atom stereocenters. The number of carbonyl (C=O) groups is 1. The first-order valence-corrected chi connectivity index (χ1v) is 13.0. The van der Waals surface area contributed by atoms with Crippen LogP contribution in [0.4, 0.5) is 22.0 Å². The average molecular weight is 533 g/mol. The van der Waals surface area contributed by atoms with Gasteiger partial charge in [0.25, 0.3) is 0 Å². The van der Waals surface area contributed by atoms with Gasteiger partial charge in [-0.2, -0.15) is 17.5 Å². The number of aromatic nitrogens is 2. The molecular weight excluding hydrogens is 507 g/mol. The maximum Gasteiger partial charge on any atom is 0.391 e. The fourth-order valence-electron chi connectivity index (χ4n) is 4.75. The fraction of sp³-hybridized carbons (Fsp3) is 0.522. The van der Waals surface area contributed by atoms with Crippen LogP contribution in [0.3, 0.4) is 0 Å². The molecular formula is C23H25F5N4O3S. The van der Waals surface area contributed by atoms with Gasteiger partial charge in [-0.1, -0.05) is 0 Å². The zero-order valence-corrected chi connectivity index (χ0v) is 19.9. The highest BCUT2D eigenvalue weighted by Gasteiger charge is 2.44. The molecule has 1 aromatic heterocycles. The zero-order chi connectivity index (χ0) is 26.1. The van der Waals surface area contributed by atoms with Gasteiger partial charge in [0.15, 0.2) is 0 Å². The maximum absolute atomic E-state index is 14.2. The van der Waals surface area contributed by atoms with Crippen molar-refractivity contribution >= 4 is 15.9 Å². The van der Waals surface area contributed by atoms with E-state index in [4.69, 9.17) is 0 Å². The van der Waals surface area contributed by atoms with E-state index in [1.54, 1.807) is 6.07 Å². The molecule has 36 heavy (non-hydrogen) atoms. The number of nitrogens with zero attached hydrogens (tertiary/aromatic N) is 3. The molecule has 2 fully saturated rings. The van der Waals surface area contributed by atoms with Crippen LogP contribution in [0, 0.1) is 11.7 Å². The Balaban J connectivity index is 1.40. The Labute approximate surface area is 205 Å². The summed E-state index contributed by atoms with van der Waals surface area (Å²) in [5.41, 5.74) is 0.981. The van der Waals surface area contributed by atoms with Crippen molar-refractivity contribution in [3.63, 3.8) is 0 Å². The topological polar surface area (TPSA) is 92.3 Å². The molecule has 196 valence electrons. The van der Waals surface area contributed by atoms with E-state index in [-0.39, 0.29) is 36.6 Å². The van der Waals surface area contributed by atoms with Crippen molar-refractivity contribution in [2.75, 3.05) is 6.54 Å². The number of halogens is 5. The highest BCUT2D eigenvalue weighted by molar-refractivity contribution is 7.89. The van der Waals surface area contributed by atoms with E-state index in [2.05, 4.69) is 15.3 Å². The van der Waals surface area contributed by atoms with Gasteiger partial charge in [-0.3, -0.25) is 4.79 Å². The quantitative estimate of drug-likeness (QED) is 0.571. The van der Waals surface area contributed by atoms with Crippen molar-refractivity contribution in [1.82, 2.24) is 19.6 Å². The van der Waals surface area contributed by atoms with E-state index in [1.807, 2.05) is 0 Å². The van der Waals surface area contributed by atoms with Crippen molar-refractivity contribution < 1.29 is 35.2 Å². The van der Waals surface area contributed by atoms with E-state index in [1.165, 1.54) is 6.33 Å². The summed E-state index contributed by atoms with van der Waals surface area (Å²) in [6.45, 7) is -0.597. The van der Waals surface area contributed by atoms with Crippen LogP contribution in [-0.4, -0.2) is 53.5 Å². The second kappa shape index (κ2) is 10.4. The largest absolute Gasteiger partial charge is 0.391 e. The van der Waals surface area contributed by atoms with Gasteiger partial charge in [0.1, 0.15) is 24.4 Å². The highest BCUT2D eigenvalue weighted by Crippen LogP contribution is 2.42. The summed E-state index contributed by atoms with van der Waals surface area (Å²) in [6, 6.07) is 4.35. The molecule has 1 saturated carbocycles. The molecule has 2 aromatic rings. The summed E-state index contributed by atoms with van der Waals surface area (Å²) in [7, 11) is -4.24. The van der Waals surface area contributed by atoms with Crippen LogP contribution in [-0.2, 0) is 21.4 Å². The Morgan fingerprint density at radius 1 is 1.08 bits per heavy atom. The van der Waals surface area contributed by atoms with Crippen molar-refractivity contribution in [2.45, 2.75) is 67.9 Å². The molecule has 7 nitrogen and oxygen atoms in total. The Bertz CT molecular complexity index is 1180. The van der Waals surface area contributed by atoms with Crippen molar-refractivity contribution in [3.05, 3.63) is 53.9 Å². The Kier molecular flexibility index (Phi) is 7.60. The molecule has 1 aromatic carbocycles. The SMILES string of the molecule is O=C(NCc1cc([C@H]2CC[C@@H](C(F)(F)F)CC2)ncn1)[C@@H]1C[C@@H](F)CN1S(=O)(=O)c1ccc(F)cc1. The molecule has 13 heteroatoms. The molecule has 0 radical (unpaired) electrons. The number of alkyl halides is 4. The molecule has 0 spiro atoms. The number of carbonyl (C=O) groups excluding carboxylic acids is 1. The van der Waals surface area contributed by atoms with Crippen molar-refractivity contribution in [1.29, 1.82) is 0 Å². The molecule has 2 aliphatic rings. The molecule has 1 N–H and O–H groups in total. The molecule has 0 bridgehead atoms. The highest BCUT2D eigenvalue weighted by atomic mass is 32.2. The van der Waals surface area contributed by atoms with Crippen LogP contribution in [0.25, 0.3) is 0 Å². The van der Waals surface area contributed by atoms with E-state index < -0.39 is 52.6 Å². The average Bonchev–Trinajstić information content (AvgIpc) is 3.25. The summed E-state index contributed by atoms with van der Waals surface area (Å²) in [5.74, 6) is -2.81. The molecule has 1 aliphatic heterocycles. The summed E-state index contributed by atoms with van der Waals surface area (Å²) < 4.78 is 92.8. The maximum atomic E-state index is 14.2. The second-order valence-corrected chi connectivity index (χ2v) is 11.0. The van der Waals surface area contributed by atoms with Gasteiger partial charge in [-0.25, -0.2) is 27.2 Å². The number of benzene rings is 1. The van der Waals surface area contributed by atoms with E-state index in [0.717, 1.165) is 28.6 Å². The minimum atomic E-state index is -4.24. The first kappa shape index (κ1) is 26.4.